The van der Waals surface area contributed by atoms with E-state index in [-0.39, 0.29) is 0 Å². The molecule has 0 saturated carbocycles. The fourth-order valence-electron chi connectivity index (χ4n) is 1.94. The third-order valence-corrected chi connectivity index (χ3v) is 5.04. The van der Waals surface area contributed by atoms with Crippen molar-refractivity contribution in [2.45, 2.75) is 23.6 Å². The van der Waals surface area contributed by atoms with Crippen LogP contribution in [0.1, 0.15) is 17.9 Å². The summed E-state index contributed by atoms with van der Waals surface area (Å²) in [6.45, 7) is 0.873. The molecule has 2 nitrogen and oxygen atoms in total. The molecule has 2 aromatic rings. The van der Waals surface area contributed by atoms with Crippen molar-refractivity contribution in [2.24, 2.45) is 0 Å². The molecule has 0 spiro atoms. The topological polar surface area (TPSA) is 16.4 Å². The minimum atomic E-state index is 0.873. The van der Waals surface area contributed by atoms with Gasteiger partial charge in [-0.05, 0) is 56.3 Å². The van der Waals surface area contributed by atoms with Gasteiger partial charge in [0.25, 0.3) is 0 Å². The van der Waals surface area contributed by atoms with Gasteiger partial charge < -0.3 is 9.32 Å². The van der Waals surface area contributed by atoms with Crippen LogP contribution in [0.4, 0.5) is 0 Å². The molecule has 0 unspecified atom stereocenters. The molecular weight excluding hydrogens is 298 g/mol. The highest BCUT2D eigenvalue weighted by atomic mass is 32.2. The molecule has 0 N–H and O–H groups in total. The predicted octanol–water partition coefficient (Wildman–Crippen LogP) is 4.76. The average molecular weight is 322 g/mol. The summed E-state index contributed by atoms with van der Waals surface area (Å²) < 4.78 is 5.80. The first-order chi connectivity index (χ1) is 10.2. The molecule has 114 valence electrons. The van der Waals surface area contributed by atoms with E-state index in [1.165, 1.54) is 22.8 Å². The summed E-state index contributed by atoms with van der Waals surface area (Å²) in [6, 6.07) is 14.8. The normalized spacial score (nSPS) is 11.2. The van der Waals surface area contributed by atoms with Gasteiger partial charge in [0.15, 0.2) is 0 Å². The van der Waals surface area contributed by atoms with E-state index in [0.29, 0.717) is 0 Å². The van der Waals surface area contributed by atoms with Crippen LogP contribution in [0.3, 0.4) is 0 Å². The highest BCUT2D eigenvalue weighted by molar-refractivity contribution is 7.99. The van der Waals surface area contributed by atoms with Crippen molar-refractivity contribution in [3.05, 3.63) is 54.0 Å². The molecule has 0 aliphatic heterocycles. The Hall–Kier alpha value is -0.840. The summed E-state index contributed by atoms with van der Waals surface area (Å²) in [5.41, 5.74) is 0. The minimum Gasteiger partial charge on any atom is -0.464 e. The van der Waals surface area contributed by atoms with Gasteiger partial charge in [-0.2, -0.15) is 11.8 Å². The highest BCUT2D eigenvalue weighted by Crippen LogP contribution is 2.21. The first-order valence-corrected chi connectivity index (χ1v) is 9.36. The Balaban J connectivity index is 1.56. The minimum absolute atomic E-state index is 0.873. The molecule has 0 radical (unpaired) electrons. The summed E-state index contributed by atoms with van der Waals surface area (Å²) >= 11 is 3.89. The second-order valence-corrected chi connectivity index (χ2v) is 7.45. The summed E-state index contributed by atoms with van der Waals surface area (Å²) in [7, 11) is 4.11. The number of hydrogen-bond donors (Lipinski definition) is 0. The molecule has 1 aromatic heterocycles. The quantitative estimate of drug-likeness (QED) is 0.489. The van der Waals surface area contributed by atoms with Crippen LogP contribution in [-0.4, -0.2) is 30.5 Å². The van der Waals surface area contributed by atoms with Crippen molar-refractivity contribution < 1.29 is 4.42 Å². The Kier molecular flexibility index (Phi) is 7.27. The molecule has 2 rings (SSSR count). The van der Waals surface area contributed by atoms with Gasteiger partial charge in [-0.25, -0.2) is 0 Å². The average Bonchev–Trinajstić information content (AvgIpc) is 2.90. The molecule has 1 heterocycles. The third kappa shape index (κ3) is 6.64. The third-order valence-electron chi connectivity index (χ3n) is 2.88. The molecular formula is C17H23NOS2. The second kappa shape index (κ2) is 9.23. The van der Waals surface area contributed by atoms with E-state index in [9.17, 15) is 0 Å². The van der Waals surface area contributed by atoms with Gasteiger partial charge in [0.2, 0.25) is 0 Å². The van der Waals surface area contributed by atoms with Crippen LogP contribution in [-0.2, 0) is 12.3 Å². The van der Waals surface area contributed by atoms with E-state index < -0.39 is 0 Å². The van der Waals surface area contributed by atoms with Crippen molar-refractivity contribution in [1.29, 1.82) is 0 Å². The lowest BCUT2D eigenvalue weighted by atomic mass is 10.4. The summed E-state index contributed by atoms with van der Waals surface area (Å²) in [4.78, 5) is 3.48. The Morgan fingerprint density at radius 1 is 0.952 bits per heavy atom. The van der Waals surface area contributed by atoms with Crippen molar-refractivity contribution in [3.63, 3.8) is 0 Å². The SMILES string of the molecule is CN(C)Cc1ccc(CSCCCSc2ccccc2)o1. The van der Waals surface area contributed by atoms with E-state index in [2.05, 4.69) is 61.5 Å². The van der Waals surface area contributed by atoms with E-state index >= 15 is 0 Å². The zero-order valence-corrected chi connectivity index (χ0v) is 14.4. The van der Waals surface area contributed by atoms with Crippen LogP contribution in [0.25, 0.3) is 0 Å². The van der Waals surface area contributed by atoms with E-state index in [4.69, 9.17) is 4.42 Å². The molecule has 0 fully saturated rings. The maximum absolute atomic E-state index is 5.80. The van der Waals surface area contributed by atoms with Gasteiger partial charge in [-0.1, -0.05) is 18.2 Å². The standard InChI is InChI=1S/C17H23NOS2/c1-18(2)13-15-9-10-16(19-15)14-20-11-6-12-21-17-7-4-3-5-8-17/h3-5,7-10H,6,11-14H2,1-2H3. The molecule has 1 aromatic carbocycles. The molecule has 0 aliphatic rings. The van der Waals surface area contributed by atoms with Crippen LogP contribution in [0.15, 0.2) is 51.8 Å². The van der Waals surface area contributed by atoms with Gasteiger partial charge in [0, 0.05) is 4.90 Å². The van der Waals surface area contributed by atoms with Crippen molar-refractivity contribution >= 4 is 23.5 Å². The largest absolute Gasteiger partial charge is 0.464 e. The number of thioether (sulfide) groups is 2. The van der Waals surface area contributed by atoms with Gasteiger partial charge in [0.1, 0.15) is 11.5 Å². The number of benzene rings is 1. The maximum atomic E-state index is 5.80. The smallest absolute Gasteiger partial charge is 0.118 e. The summed E-state index contributed by atoms with van der Waals surface area (Å²) in [6.07, 6.45) is 1.23. The molecule has 0 atom stereocenters. The van der Waals surface area contributed by atoms with Crippen molar-refractivity contribution in [1.82, 2.24) is 4.90 Å². The van der Waals surface area contributed by atoms with Crippen LogP contribution < -0.4 is 0 Å². The number of rotatable bonds is 9. The first kappa shape index (κ1) is 16.5. The van der Waals surface area contributed by atoms with Crippen molar-refractivity contribution in [2.75, 3.05) is 25.6 Å². The van der Waals surface area contributed by atoms with Gasteiger partial charge in [0.05, 0.1) is 12.3 Å². The lowest BCUT2D eigenvalue weighted by molar-refractivity contribution is 0.344. The van der Waals surface area contributed by atoms with Gasteiger partial charge in [-0.15, -0.1) is 11.8 Å². The van der Waals surface area contributed by atoms with E-state index in [0.717, 1.165) is 23.8 Å². The maximum Gasteiger partial charge on any atom is 0.118 e. The van der Waals surface area contributed by atoms with E-state index in [1.807, 2.05) is 23.5 Å². The number of furan rings is 1. The Morgan fingerprint density at radius 3 is 2.48 bits per heavy atom. The highest BCUT2D eigenvalue weighted by Gasteiger charge is 2.03. The van der Waals surface area contributed by atoms with Gasteiger partial charge >= 0.3 is 0 Å². The Bertz CT molecular complexity index is 511. The van der Waals surface area contributed by atoms with Crippen molar-refractivity contribution in [3.8, 4) is 0 Å². The molecule has 0 amide bonds. The summed E-state index contributed by atoms with van der Waals surface area (Å²) in [5, 5.41) is 0. The number of hydrogen-bond acceptors (Lipinski definition) is 4. The Morgan fingerprint density at radius 2 is 1.71 bits per heavy atom. The molecule has 0 bridgehead atoms. The lowest BCUT2D eigenvalue weighted by Crippen LogP contribution is -2.09. The van der Waals surface area contributed by atoms with Gasteiger partial charge in [-0.3, -0.25) is 0 Å². The molecule has 0 aliphatic carbocycles. The van der Waals surface area contributed by atoms with Crippen LogP contribution >= 0.6 is 23.5 Å². The van der Waals surface area contributed by atoms with E-state index in [1.54, 1.807) is 0 Å². The van der Waals surface area contributed by atoms with Crippen LogP contribution in [0, 0.1) is 0 Å². The second-order valence-electron chi connectivity index (χ2n) is 5.17. The molecule has 21 heavy (non-hydrogen) atoms. The molecule has 0 saturated heterocycles. The summed E-state index contributed by atoms with van der Waals surface area (Å²) in [5.74, 6) is 5.48. The van der Waals surface area contributed by atoms with Crippen LogP contribution in [0.5, 0.6) is 0 Å². The zero-order chi connectivity index (χ0) is 14.9. The van der Waals surface area contributed by atoms with Crippen LogP contribution in [0.2, 0.25) is 0 Å². The first-order valence-electron chi connectivity index (χ1n) is 7.22. The molecule has 4 heteroatoms. The zero-order valence-electron chi connectivity index (χ0n) is 12.7. The predicted molar refractivity (Wildman–Crippen MR) is 94.0 cm³/mol. The fraction of sp³-hybridized carbons (Fsp3) is 0.412. The fourth-order valence-corrected chi connectivity index (χ4v) is 3.84. The number of nitrogens with zero attached hydrogens (tertiary/aromatic N) is 1. The monoisotopic (exact) mass is 321 g/mol. The Labute approximate surface area is 136 Å². The lowest BCUT2D eigenvalue weighted by Gasteiger charge is -2.05.